The summed E-state index contributed by atoms with van der Waals surface area (Å²) in [5.41, 5.74) is 3.97. The molecule has 0 bridgehead atoms. The summed E-state index contributed by atoms with van der Waals surface area (Å²) >= 11 is 1.58. The highest BCUT2D eigenvalue weighted by Gasteiger charge is 2.32. The van der Waals surface area contributed by atoms with Gasteiger partial charge in [-0.2, -0.15) is 0 Å². The lowest BCUT2D eigenvalue weighted by Crippen LogP contribution is -2.54. The zero-order chi connectivity index (χ0) is 25.3. The monoisotopic (exact) mass is 488 g/mol. The normalized spacial score (nSPS) is 12.1. The highest BCUT2D eigenvalue weighted by Crippen LogP contribution is 2.19. The van der Waals surface area contributed by atoms with Crippen molar-refractivity contribution < 1.29 is 9.59 Å². The minimum Gasteiger partial charge on any atom is -0.350 e. The molecule has 3 aromatic carbocycles. The highest BCUT2D eigenvalue weighted by molar-refractivity contribution is 7.99. The summed E-state index contributed by atoms with van der Waals surface area (Å²) in [6.07, 6.45) is 0.462. The topological polar surface area (TPSA) is 49.4 Å². The van der Waals surface area contributed by atoms with Gasteiger partial charge in [-0.15, -0.1) is 11.8 Å². The number of nitrogens with one attached hydrogen (secondary N) is 1. The Hall–Kier alpha value is -3.05. The fraction of sp³-hybridized carbons (Fsp3) is 0.333. The number of carbonyl (C=O) groups excluding carboxylic acids is 2. The first kappa shape index (κ1) is 26.6. The van der Waals surface area contributed by atoms with E-state index in [1.807, 2.05) is 94.4 Å². The maximum absolute atomic E-state index is 13.6. The van der Waals surface area contributed by atoms with Crippen LogP contribution in [0, 0.1) is 6.92 Å². The third-order valence-electron chi connectivity index (χ3n) is 5.54. The van der Waals surface area contributed by atoms with Gasteiger partial charge in [0, 0.05) is 24.3 Å². The molecule has 3 aromatic rings. The number of carbonyl (C=O) groups is 2. The van der Waals surface area contributed by atoms with Crippen molar-refractivity contribution in [2.45, 2.75) is 58.0 Å². The predicted octanol–water partition coefficient (Wildman–Crippen LogP) is 5.78. The maximum atomic E-state index is 13.6. The molecule has 3 rings (SSSR count). The number of hydrogen-bond acceptors (Lipinski definition) is 3. The molecule has 1 N–H and O–H groups in total. The van der Waals surface area contributed by atoms with Gasteiger partial charge in [-0.25, -0.2) is 0 Å². The molecule has 1 atom stereocenters. The Labute approximate surface area is 214 Å². The third kappa shape index (κ3) is 8.91. The van der Waals surface area contributed by atoms with Crippen LogP contribution in [0.5, 0.6) is 0 Å². The Morgan fingerprint density at radius 2 is 1.46 bits per heavy atom. The summed E-state index contributed by atoms with van der Waals surface area (Å²) in [5, 5.41) is 3.11. The van der Waals surface area contributed by atoms with Gasteiger partial charge >= 0.3 is 0 Å². The number of nitrogens with zero attached hydrogens (tertiary/aromatic N) is 1. The van der Waals surface area contributed by atoms with E-state index in [0.717, 1.165) is 22.4 Å². The first-order valence-corrected chi connectivity index (χ1v) is 13.2. The first-order valence-electron chi connectivity index (χ1n) is 12.0. The Morgan fingerprint density at radius 1 is 0.857 bits per heavy atom. The fourth-order valence-corrected chi connectivity index (χ4v) is 4.80. The van der Waals surface area contributed by atoms with Crippen LogP contribution in [0.4, 0.5) is 0 Å². The molecule has 184 valence electrons. The lowest BCUT2D eigenvalue weighted by molar-refractivity contribution is -0.140. The second kappa shape index (κ2) is 12.6. The summed E-state index contributed by atoms with van der Waals surface area (Å²) in [6, 6.07) is 27.6. The standard InChI is InChI=1S/C30H36N2O2S/c1-23-12-11-17-26(18-23)20-32(28(33)22-35-21-25-15-9-6-10-16-25)27(29(34)31-30(2,3)4)19-24-13-7-5-8-14-24/h5-18,27H,19-22H2,1-4H3,(H,31,34)/t27-/m1/s1. The summed E-state index contributed by atoms with van der Waals surface area (Å²) in [5.74, 6) is 0.907. The number of aryl methyl sites for hydroxylation is 1. The van der Waals surface area contributed by atoms with E-state index < -0.39 is 11.6 Å². The van der Waals surface area contributed by atoms with E-state index in [2.05, 4.69) is 23.5 Å². The number of thioether (sulfide) groups is 1. The maximum Gasteiger partial charge on any atom is 0.243 e. The van der Waals surface area contributed by atoms with E-state index in [0.29, 0.717) is 18.7 Å². The first-order chi connectivity index (χ1) is 16.7. The summed E-state index contributed by atoms with van der Waals surface area (Å²) < 4.78 is 0. The fourth-order valence-electron chi connectivity index (χ4n) is 3.93. The van der Waals surface area contributed by atoms with Gasteiger partial charge in [0.05, 0.1) is 5.75 Å². The molecule has 0 radical (unpaired) electrons. The van der Waals surface area contributed by atoms with Crippen LogP contribution in [-0.2, 0) is 28.3 Å². The van der Waals surface area contributed by atoms with E-state index in [9.17, 15) is 9.59 Å². The van der Waals surface area contributed by atoms with Crippen LogP contribution >= 0.6 is 11.8 Å². The molecule has 0 aliphatic heterocycles. The Kier molecular flexibility index (Phi) is 9.55. The van der Waals surface area contributed by atoms with Crippen molar-refractivity contribution >= 4 is 23.6 Å². The van der Waals surface area contributed by atoms with Crippen molar-refractivity contribution in [3.05, 3.63) is 107 Å². The molecule has 2 amide bonds. The zero-order valence-electron chi connectivity index (χ0n) is 21.2. The summed E-state index contributed by atoms with van der Waals surface area (Å²) in [6.45, 7) is 8.33. The van der Waals surface area contributed by atoms with Gasteiger partial charge in [-0.3, -0.25) is 9.59 Å². The second-order valence-corrected chi connectivity index (χ2v) is 10.9. The van der Waals surface area contributed by atoms with Crippen LogP contribution in [-0.4, -0.2) is 34.0 Å². The van der Waals surface area contributed by atoms with E-state index in [-0.39, 0.29) is 11.8 Å². The van der Waals surface area contributed by atoms with Crippen LogP contribution in [0.2, 0.25) is 0 Å². The average molecular weight is 489 g/mol. The molecule has 0 unspecified atom stereocenters. The molecule has 0 aliphatic rings. The van der Waals surface area contributed by atoms with Gasteiger partial charge in [0.2, 0.25) is 11.8 Å². The molecule has 0 saturated heterocycles. The van der Waals surface area contributed by atoms with Crippen molar-refractivity contribution in [2.24, 2.45) is 0 Å². The Morgan fingerprint density at radius 3 is 2.06 bits per heavy atom. The van der Waals surface area contributed by atoms with Crippen molar-refractivity contribution in [1.29, 1.82) is 0 Å². The summed E-state index contributed by atoms with van der Waals surface area (Å²) in [7, 11) is 0. The van der Waals surface area contributed by atoms with Crippen molar-refractivity contribution in [2.75, 3.05) is 5.75 Å². The quantitative estimate of drug-likeness (QED) is 0.393. The van der Waals surface area contributed by atoms with Crippen LogP contribution in [0.25, 0.3) is 0 Å². The number of hydrogen-bond donors (Lipinski definition) is 1. The average Bonchev–Trinajstić information content (AvgIpc) is 2.81. The smallest absolute Gasteiger partial charge is 0.243 e. The minimum atomic E-state index is -0.609. The second-order valence-electron chi connectivity index (χ2n) is 9.93. The largest absolute Gasteiger partial charge is 0.350 e. The molecular formula is C30H36N2O2S. The Bertz CT molecular complexity index is 1090. The Balaban J connectivity index is 1.87. The molecule has 0 fully saturated rings. The molecule has 35 heavy (non-hydrogen) atoms. The molecular weight excluding hydrogens is 452 g/mol. The zero-order valence-corrected chi connectivity index (χ0v) is 22.0. The number of amides is 2. The van der Waals surface area contributed by atoms with Crippen LogP contribution in [0.3, 0.4) is 0 Å². The van der Waals surface area contributed by atoms with E-state index >= 15 is 0 Å². The van der Waals surface area contributed by atoms with Crippen molar-refractivity contribution in [1.82, 2.24) is 10.2 Å². The lowest BCUT2D eigenvalue weighted by atomic mass is 10.0. The van der Waals surface area contributed by atoms with Crippen LogP contribution < -0.4 is 5.32 Å². The molecule has 5 heteroatoms. The summed E-state index contributed by atoms with van der Waals surface area (Å²) in [4.78, 5) is 29.0. The van der Waals surface area contributed by atoms with Gasteiger partial charge in [-0.05, 0) is 44.4 Å². The third-order valence-corrected chi connectivity index (χ3v) is 6.53. The SMILES string of the molecule is Cc1cccc(CN(C(=O)CSCc2ccccc2)[C@H](Cc2ccccc2)C(=O)NC(C)(C)C)c1. The van der Waals surface area contributed by atoms with Gasteiger partial charge in [0.15, 0.2) is 0 Å². The van der Waals surface area contributed by atoms with Crippen molar-refractivity contribution in [3.8, 4) is 0 Å². The molecule has 0 aliphatic carbocycles. The van der Waals surface area contributed by atoms with Gasteiger partial charge < -0.3 is 10.2 Å². The van der Waals surface area contributed by atoms with Crippen molar-refractivity contribution in [3.63, 3.8) is 0 Å². The van der Waals surface area contributed by atoms with Crippen LogP contribution in [0.15, 0.2) is 84.9 Å². The molecule has 0 spiro atoms. The van der Waals surface area contributed by atoms with E-state index in [1.165, 1.54) is 5.56 Å². The highest BCUT2D eigenvalue weighted by atomic mass is 32.2. The van der Waals surface area contributed by atoms with Gasteiger partial charge in [0.25, 0.3) is 0 Å². The van der Waals surface area contributed by atoms with Crippen LogP contribution in [0.1, 0.15) is 43.0 Å². The van der Waals surface area contributed by atoms with Gasteiger partial charge in [0.1, 0.15) is 6.04 Å². The number of rotatable bonds is 10. The molecule has 0 aromatic heterocycles. The minimum absolute atomic E-state index is 0.0302. The van der Waals surface area contributed by atoms with E-state index in [4.69, 9.17) is 0 Å². The number of benzene rings is 3. The molecule has 4 nitrogen and oxygen atoms in total. The van der Waals surface area contributed by atoms with E-state index in [1.54, 1.807) is 16.7 Å². The molecule has 0 saturated carbocycles. The lowest BCUT2D eigenvalue weighted by Gasteiger charge is -2.34. The predicted molar refractivity (Wildman–Crippen MR) is 146 cm³/mol. The van der Waals surface area contributed by atoms with Gasteiger partial charge in [-0.1, -0.05) is 90.5 Å². The molecule has 0 heterocycles.